The molecule has 0 aliphatic heterocycles. The number of amides is 1. The molecule has 0 spiro atoms. The molecule has 0 unspecified atom stereocenters. The molecular formula is C23H28N6O2. The summed E-state index contributed by atoms with van der Waals surface area (Å²) in [6.45, 7) is 3.10. The van der Waals surface area contributed by atoms with E-state index in [4.69, 9.17) is 4.74 Å². The van der Waals surface area contributed by atoms with Gasteiger partial charge in [-0.2, -0.15) is 0 Å². The fourth-order valence-corrected chi connectivity index (χ4v) is 3.09. The van der Waals surface area contributed by atoms with Gasteiger partial charge in [-0.3, -0.25) is 9.79 Å². The molecule has 2 aromatic carbocycles. The van der Waals surface area contributed by atoms with Gasteiger partial charge in [0.25, 0.3) is 0 Å². The molecule has 162 valence electrons. The summed E-state index contributed by atoms with van der Waals surface area (Å²) in [7, 11) is 3.70. The summed E-state index contributed by atoms with van der Waals surface area (Å²) in [6, 6.07) is 17.4. The predicted octanol–water partition coefficient (Wildman–Crippen LogP) is 3.12. The lowest BCUT2D eigenvalue weighted by atomic mass is 10.2. The first-order valence-electron chi connectivity index (χ1n) is 10.1. The number of carbonyl (C=O) groups excluding carboxylic acids is 1. The van der Waals surface area contributed by atoms with Crippen LogP contribution in [0.2, 0.25) is 0 Å². The number of hydrogen-bond donors (Lipinski definition) is 3. The average Bonchev–Trinajstić information content (AvgIpc) is 3.22. The third-order valence-corrected chi connectivity index (χ3v) is 4.48. The standard InChI is InChI=1S/C23H28N6O2/c1-17(30)27-19-10-7-11-20(14-19)31-13-12-25-23(24-2)29(3)16-22-26-15-21(28-22)18-8-5-4-6-9-18/h4-11,14-15H,12-13,16H2,1-3H3,(H,24,25)(H,26,28)(H,27,30). The van der Waals surface area contributed by atoms with Crippen molar-refractivity contribution in [3.63, 3.8) is 0 Å². The quantitative estimate of drug-likeness (QED) is 0.296. The number of nitrogens with one attached hydrogen (secondary N) is 3. The Morgan fingerprint density at radius 2 is 2.00 bits per heavy atom. The molecule has 3 rings (SSSR count). The van der Waals surface area contributed by atoms with Crippen molar-refractivity contribution < 1.29 is 9.53 Å². The van der Waals surface area contributed by atoms with Crippen LogP contribution in [0.5, 0.6) is 5.75 Å². The van der Waals surface area contributed by atoms with Gasteiger partial charge in [0.05, 0.1) is 25.0 Å². The van der Waals surface area contributed by atoms with E-state index in [2.05, 4.69) is 25.6 Å². The van der Waals surface area contributed by atoms with Crippen LogP contribution < -0.4 is 15.4 Å². The third kappa shape index (κ3) is 6.60. The van der Waals surface area contributed by atoms with Crippen molar-refractivity contribution in [3.8, 4) is 17.0 Å². The highest BCUT2D eigenvalue weighted by molar-refractivity contribution is 5.88. The molecule has 0 radical (unpaired) electrons. The number of guanidine groups is 1. The van der Waals surface area contributed by atoms with E-state index in [1.807, 2.05) is 66.7 Å². The van der Waals surface area contributed by atoms with E-state index in [9.17, 15) is 4.79 Å². The zero-order chi connectivity index (χ0) is 22.1. The van der Waals surface area contributed by atoms with Gasteiger partial charge in [0.15, 0.2) is 5.96 Å². The van der Waals surface area contributed by atoms with Crippen LogP contribution in [0.25, 0.3) is 11.3 Å². The molecular weight excluding hydrogens is 392 g/mol. The third-order valence-electron chi connectivity index (χ3n) is 4.48. The largest absolute Gasteiger partial charge is 0.492 e. The summed E-state index contributed by atoms with van der Waals surface area (Å²) in [5.74, 6) is 2.18. The lowest BCUT2D eigenvalue weighted by Crippen LogP contribution is -2.40. The number of aromatic amines is 1. The number of hydrogen-bond acceptors (Lipinski definition) is 4. The zero-order valence-corrected chi connectivity index (χ0v) is 18.1. The molecule has 0 fully saturated rings. The molecule has 1 aromatic heterocycles. The zero-order valence-electron chi connectivity index (χ0n) is 18.1. The van der Waals surface area contributed by atoms with Gasteiger partial charge in [0.2, 0.25) is 5.91 Å². The molecule has 0 atom stereocenters. The molecule has 1 heterocycles. The molecule has 0 bridgehead atoms. The molecule has 3 aromatic rings. The van der Waals surface area contributed by atoms with Crippen molar-refractivity contribution in [2.45, 2.75) is 13.5 Å². The molecule has 0 aliphatic carbocycles. The van der Waals surface area contributed by atoms with Gasteiger partial charge in [-0.1, -0.05) is 36.4 Å². The van der Waals surface area contributed by atoms with Crippen molar-refractivity contribution in [3.05, 3.63) is 66.6 Å². The van der Waals surface area contributed by atoms with Gasteiger partial charge in [-0.25, -0.2) is 4.98 Å². The second-order valence-corrected chi connectivity index (χ2v) is 7.00. The Morgan fingerprint density at radius 3 is 2.74 bits per heavy atom. The summed E-state index contributed by atoms with van der Waals surface area (Å²) >= 11 is 0. The number of rotatable bonds is 8. The summed E-state index contributed by atoms with van der Waals surface area (Å²) in [5, 5.41) is 6.03. The maximum Gasteiger partial charge on any atom is 0.221 e. The number of nitrogens with zero attached hydrogens (tertiary/aromatic N) is 3. The number of imidazole rings is 1. The highest BCUT2D eigenvalue weighted by Crippen LogP contribution is 2.17. The van der Waals surface area contributed by atoms with Crippen molar-refractivity contribution in [1.82, 2.24) is 20.2 Å². The molecule has 8 nitrogen and oxygen atoms in total. The van der Waals surface area contributed by atoms with Crippen LogP contribution in [0.4, 0.5) is 5.69 Å². The Labute approximate surface area is 182 Å². The number of ether oxygens (including phenoxy) is 1. The Morgan fingerprint density at radius 1 is 1.19 bits per heavy atom. The molecule has 0 saturated carbocycles. The van der Waals surface area contributed by atoms with E-state index in [1.165, 1.54) is 6.92 Å². The number of aliphatic imine (C=N–C) groups is 1. The van der Waals surface area contributed by atoms with E-state index in [-0.39, 0.29) is 5.91 Å². The first-order chi connectivity index (χ1) is 15.0. The Hall–Kier alpha value is -3.81. The first-order valence-corrected chi connectivity index (χ1v) is 10.1. The first kappa shape index (κ1) is 21.9. The van der Waals surface area contributed by atoms with Crippen LogP contribution in [-0.2, 0) is 11.3 Å². The van der Waals surface area contributed by atoms with Crippen LogP contribution >= 0.6 is 0 Å². The van der Waals surface area contributed by atoms with Gasteiger partial charge in [-0.05, 0) is 17.7 Å². The monoisotopic (exact) mass is 420 g/mol. The lowest BCUT2D eigenvalue weighted by molar-refractivity contribution is -0.114. The topological polar surface area (TPSA) is 94.6 Å². The number of carbonyl (C=O) groups is 1. The Balaban J connectivity index is 1.47. The fourth-order valence-electron chi connectivity index (χ4n) is 3.09. The van der Waals surface area contributed by atoms with Gasteiger partial charge < -0.3 is 25.3 Å². The molecule has 0 aliphatic rings. The van der Waals surface area contributed by atoms with E-state index < -0.39 is 0 Å². The summed E-state index contributed by atoms with van der Waals surface area (Å²) in [5.41, 5.74) is 2.80. The second-order valence-electron chi connectivity index (χ2n) is 7.00. The maximum atomic E-state index is 11.2. The molecule has 8 heteroatoms. The summed E-state index contributed by atoms with van der Waals surface area (Å²) in [4.78, 5) is 25.3. The average molecular weight is 421 g/mol. The van der Waals surface area contributed by atoms with Crippen molar-refractivity contribution in [2.75, 3.05) is 32.6 Å². The minimum absolute atomic E-state index is 0.113. The lowest BCUT2D eigenvalue weighted by Gasteiger charge is -2.21. The normalized spacial score (nSPS) is 11.1. The second kappa shape index (κ2) is 10.8. The number of H-pyrrole nitrogens is 1. The van der Waals surface area contributed by atoms with E-state index in [0.29, 0.717) is 31.1 Å². The van der Waals surface area contributed by atoms with Gasteiger partial charge in [0.1, 0.15) is 18.2 Å². The van der Waals surface area contributed by atoms with Crippen molar-refractivity contribution >= 4 is 17.6 Å². The van der Waals surface area contributed by atoms with E-state index in [0.717, 1.165) is 23.0 Å². The highest BCUT2D eigenvalue weighted by atomic mass is 16.5. The fraction of sp³-hybridized carbons (Fsp3) is 0.261. The molecule has 1 amide bonds. The Kier molecular flexibility index (Phi) is 7.64. The molecule has 3 N–H and O–H groups in total. The smallest absolute Gasteiger partial charge is 0.221 e. The minimum Gasteiger partial charge on any atom is -0.492 e. The van der Waals surface area contributed by atoms with E-state index >= 15 is 0 Å². The van der Waals surface area contributed by atoms with Crippen LogP contribution in [0, 0.1) is 0 Å². The number of anilines is 1. The van der Waals surface area contributed by atoms with Crippen molar-refractivity contribution in [1.29, 1.82) is 0 Å². The van der Waals surface area contributed by atoms with Gasteiger partial charge >= 0.3 is 0 Å². The summed E-state index contributed by atoms with van der Waals surface area (Å²) in [6.07, 6.45) is 1.84. The Bertz CT molecular complexity index is 1020. The van der Waals surface area contributed by atoms with Gasteiger partial charge in [-0.15, -0.1) is 0 Å². The van der Waals surface area contributed by atoms with Crippen LogP contribution in [0.3, 0.4) is 0 Å². The van der Waals surface area contributed by atoms with Crippen LogP contribution in [0.15, 0.2) is 65.8 Å². The van der Waals surface area contributed by atoms with Crippen LogP contribution in [0.1, 0.15) is 12.7 Å². The van der Waals surface area contributed by atoms with E-state index in [1.54, 1.807) is 13.1 Å². The number of benzene rings is 2. The number of aromatic nitrogens is 2. The molecule has 31 heavy (non-hydrogen) atoms. The maximum absolute atomic E-state index is 11.2. The molecule has 0 saturated heterocycles. The SMILES string of the molecule is CN=C(NCCOc1cccc(NC(C)=O)c1)N(C)Cc1ncc(-c2ccccc2)[nH]1. The van der Waals surface area contributed by atoms with Crippen LogP contribution in [-0.4, -0.2) is 54.0 Å². The predicted molar refractivity (Wildman–Crippen MR) is 123 cm³/mol. The van der Waals surface area contributed by atoms with Crippen molar-refractivity contribution in [2.24, 2.45) is 4.99 Å². The minimum atomic E-state index is -0.113. The highest BCUT2D eigenvalue weighted by Gasteiger charge is 2.10. The van der Waals surface area contributed by atoms with Gasteiger partial charge in [0, 0.05) is 32.8 Å². The summed E-state index contributed by atoms with van der Waals surface area (Å²) < 4.78 is 5.77.